The van der Waals surface area contributed by atoms with Gasteiger partial charge in [0.05, 0.1) is 19.8 Å². The first-order valence-corrected chi connectivity index (χ1v) is 13.1. The second-order valence-corrected chi connectivity index (χ2v) is 10.4. The van der Waals surface area contributed by atoms with Crippen molar-refractivity contribution in [2.75, 3.05) is 14.2 Å². The van der Waals surface area contributed by atoms with Gasteiger partial charge >= 0.3 is 5.97 Å². The molecule has 0 unspecified atom stereocenters. The molecule has 5 rings (SSSR count). The predicted molar refractivity (Wildman–Crippen MR) is 135 cm³/mol. The van der Waals surface area contributed by atoms with Gasteiger partial charge in [0.25, 0.3) is 0 Å². The Morgan fingerprint density at radius 1 is 1.06 bits per heavy atom. The van der Waals surface area contributed by atoms with E-state index < -0.39 is 5.92 Å². The van der Waals surface area contributed by atoms with Gasteiger partial charge in [0.2, 0.25) is 0 Å². The Morgan fingerprint density at radius 2 is 1.83 bits per heavy atom. The summed E-state index contributed by atoms with van der Waals surface area (Å²) in [5.41, 5.74) is 3.62. The molecule has 184 valence electrons. The zero-order chi connectivity index (χ0) is 24.5. The lowest BCUT2D eigenvalue weighted by Gasteiger charge is -2.36. The molecule has 35 heavy (non-hydrogen) atoms. The molecule has 1 aliphatic heterocycles. The van der Waals surface area contributed by atoms with Crippen LogP contribution in [0, 0.1) is 0 Å². The molecule has 7 heteroatoms. The molecule has 1 aromatic carbocycles. The number of thiophene rings is 1. The predicted octanol–water partition coefficient (Wildman–Crippen LogP) is 5.61. The van der Waals surface area contributed by atoms with Crippen LogP contribution in [0.15, 0.2) is 58.3 Å². The average molecular weight is 494 g/mol. The Labute approximate surface area is 210 Å². The lowest BCUT2D eigenvalue weighted by molar-refractivity contribution is -0.144. The van der Waals surface area contributed by atoms with Crippen LogP contribution in [-0.2, 0) is 14.3 Å². The van der Waals surface area contributed by atoms with Gasteiger partial charge in [-0.3, -0.25) is 4.79 Å². The van der Waals surface area contributed by atoms with Crippen LogP contribution in [0.4, 0.5) is 0 Å². The van der Waals surface area contributed by atoms with Gasteiger partial charge in [-0.2, -0.15) is 0 Å². The number of dihydropyridines is 1. The summed E-state index contributed by atoms with van der Waals surface area (Å²) in [5, 5.41) is 5.48. The quantitative estimate of drug-likeness (QED) is 0.527. The van der Waals surface area contributed by atoms with Crippen molar-refractivity contribution >= 4 is 23.1 Å². The fraction of sp³-hybridized carbons (Fsp3) is 0.429. The highest BCUT2D eigenvalue weighted by Gasteiger charge is 2.42. The third kappa shape index (κ3) is 4.49. The van der Waals surface area contributed by atoms with Gasteiger partial charge in [-0.05, 0) is 68.2 Å². The van der Waals surface area contributed by atoms with Crippen molar-refractivity contribution in [2.45, 2.75) is 63.4 Å². The largest absolute Gasteiger partial charge is 0.493 e. The van der Waals surface area contributed by atoms with Gasteiger partial charge in [-0.1, -0.05) is 12.1 Å². The number of ether oxygens (including phenoxy) is 3. The zero-order valence-corrected chi connectivity index (χ0v) is 21.2. The summed E-state index contributed by atoms with van der Waals surface area (Å²) in [4.78, 5) is 28.5. The SMILES string of the molecule is COc1ccc([C@@H]2C(C(=O)OC3CCCC3)=C(C)NC3=C2C(=O)C[C@H](c2cccs2)C3)cc1OC. The minimum Gasteiger partial charge on any atom is -0.493 e. The Hall–Kier alpha value is -3.06. The number of hydrogen-bond acceptors (Lipinski definition) is 7. The lowest BCUT2D eigenvalue weighted by Crippen LogP contribution is -2.36. The molecule has 6 nitrogen and oxygen atoms in total. The molecule has 2 heterocycles. The molecule has 2 aromatic rings. The van der Waals surface area contributed by atoms with Crippen LogP contribution in [0.25, 0.3) is 0 Å². The van der Waals surface area contributed by atoms with Gasteiger partial charge < -0.3 is 19.5 Å². The number of ketones is 1. The lowest BCUT2D eigenvalue weighted by atomic mass is 9.72. The van der Waals surface area contributed by atoms with Crippen molar-refractivity contribution in [1.29, 1.82) is 0 Å². The summed E-state index contributed by atoms with van der Waals surface area (Å²) in [7, 11) is 3.18. The Balaban J connectivity index is 1.58. The molecular weight excluding hydrogens is 462 g/mol. The van der Waals surface area contributed by atoms with E-state index >= 15 is 0 Å². The maximum Gasteiger partial charge on any atom is 0.337 e. The van der Waals surface area contributed by atoms with Crippen LogP contribution in [-0.4, -0.2) is 32.1 Å². The molecule has 2 atom stereocenters. The molecule has 0 radical (unpaired) electrons. The van der Waals surface area contributed by atoms with Gasteiger partial charge in [-0.15, -0.1) is 11.3 Å². The van der Waals surface area contributed by atoms with Crippen molar-refractivity contribution in [3.63, 3.8) is 0 Å². The number of carbonyl (C=O) groups is 2. The third-order valence-electron chi connectivity index (χ3n) is 7.31. The highest BCUT2D eigenvalue weighted by molar-refractivity contribution is 7.10. The number of Topliss-reactive ketones (excluding diaryl/α,β-unsaturated/α-hetero) is 1. The smallest absolute Gasteiger partial charge is 0.337 e. The van der Waals surface area contributed by atoms with E-state index in [4.69, 9.17) is 14.2 Å². The van der Waals surface area contributed by atoms with Gasteiger partial charge in [-0.25, -0.2) is 4.79 Å². The third-order valence-corrected chi connectivity index (χ3v) is 8.34. The van der Waals surface area contributed by atoms with Gasteiger partial charge in [0.1, 0.15) is 6.10 Å². The summed E-state index contributed by atoms with van der Waals surface area (Å²) in [6.07, 6.45) is 5.03. The van der Waals surface area contributed by atoms with Crippen molar-refractivity contribution < 1.29 is 23.8 Å². The number of nitrogens with one attached hydrogen (secondary N) is 1. The van der Waals surface area contributed by atoms with Crippen LogP contribution in [0.5, 0.6) is 11.5 Å². The summed E-state index contributed by atoms with van der Waals surface area (Å²) >= 11 is 1.68. The van der Waals surface area contributed by atoms with Gasteiger partial charge in [0.15, 0.2) is 17.3 Å². The van der Waals surface area contributed by atoms with E-state index in [1.807, 2.05) is 36.6 Å². The molecule has 2 aliphatic carbocycles. The van der Waals surface area contributed by atoms with Crippen LogP contribution in [0.1, 0.15) is 67.7 Å². The van der Waals surface area contributed by atoms with E-state index in [9.17, 15) is 9.59 Å². The minimum absolute atomic E-state index is 0.0607. The number of allylic oxidation sites excluding steroid dienone is 3. The highest BCUT2D eigenvalue weighted by atomic mass is 32.1. The molecule has 0 bridgehead atoms. The number of carbonyl (C=O) groups excluding carboxylic acids is 2. The van der Waals surface area contributed by atoms with Crippen molar-refractivity contribution in [2.24, 2.45) is 0 Å². The van der Waals surface area contributed by atoms with E-state index in [1.165, 1.54) is 4.88 Å². The number of methoxy groups -OCH3 is 2. The monoisotopic (exact) mass is 493 g/mol. The molecule has 0 spiro atoms. The first-order valence-electron chi connectivity index (χ1n) is 12.2. The first-order chi connectivity index (χ1) is 17.0. The maximum absolute atomic E-state index is 13.7. The molecule has 0 amide bonds. The van der Waals surface area contributed by atoms with Crippen LogP contribution in [0.3, 0.4) is 0 Å². The molecule has 1 fully saturated rings. The van der Waals surface area contributed by atoms with Crippen molar-refractivity contribution in [3.05, 3.63) is 68.7 Å². The van der Waals surface area contributed by atoms with Crippen LogP contribution < -0.4 is 14.8 Å². The minimum atomic E-state index is -0.517. The number of rotatable bonds is 6. The molecule has 1 saturated carbocycles. The van der Waals surface area contributed by atoms with Crippen LogP contribution in [0.2, 0.25) is 0 Å². The topological polar surface area (TPSA) is 73.9 Å². The van der Waals surface area contributed by atoms with E-state index in [1.54, 1.807) is 25.6 Å². The summed E-state index contributed by atoms with van der Waals surface area (Å²) < 4.78 is 16.9. The molecule has 1 aromatic heterocycles. The zero-order valence-electron chi connectivity index (χ0n) is 20.4. The van der Waals surface area contributed by atoms with E-state index in [0.717, 1.165) is 49.1 Å². The van der Waals surface area contributed by atoms with Crippen molar-refractivity contribution in [3.8, 4) is 11.5 Å². The second kappa shape index (κ2) is 9.90. The summed E-state index contributed by atoms with van der Waals surface area (Å²) in [6, 6.07) is 9.73. The van der Waals surface area contributed by atoms with E-state index in [0.29, 0.717) is 29.1 Å². The number of esters is 1. The Bertz CT molecular complexity index is 1190. The normalized spacial score (nSPS) is 22.7. The van der Waals surface area contributed by atoms with Crippen molar-refractivity contribution in [1.82, 2.24) is 5.32 Å². The molecule has 1 N–H and O–H groups in total. The summed E-state index contributed by atoms with van der Waals surface area (Å²) in [5.74, 6) is 0.503. The number of benzene rings is 1. The molecular formula is C28H31NO5S. The van der Waals surface area contributed by atoms with Crippen LogP contribution >= 0.6 is 11.3 Å². The number of hydrogen-bond donors (Lipinski definition) is 1. The standard InChI is InChI=1S/C28H31NO5S/c1-16-25(28(31)34-19-7-4-5-8-19)26(17-10-11-22(32-2)23(15-17)33-3)27-20(29-16)13-18(14-21(27)30)24-9-6-12-35-24/h6,9-12,15,18-19,26,29H,4-5,7-8,13-14H2,1-3H3/t18-,26-/m1/s1. The average Bonchev–Trinajstić information content (AvgIpc) is 3.57. The fourth-order valence-corrected chi connectivity index (χ4v) is 6.45. The first kappa shape index (κ1) is 23.7. The molecule has 3 aliphatic rings. The van der Waals surface area contributed by atoms with E-state index in [2.05, 4.69) is 11.4 Å². The Kier molecular flexibility index (Phi) is 6.69. The second-order valence-electron chi connectivity index (χ2n) is 9.46. The van der Waals surface area contributed by atoms with Gasteiger partial charge in [0, 0.05) is 40.1 Å². The highest BCUT2D eigenvalue weighted by Crippen LogP contribution is 2.47. The molecule has 0 saturated heterocycles. The van der Waals surface area contributed by atoms with E-state index in [-0.39, 0.29) is 23.8 Å². The maximum atomic E-state index is 13.7. The fourth-order valence-electron chi connectivity index (χ4n) is 5.62. The Morgan fingerprint density at radius 3 is 2.51 bits per heavy atom. The summed E-state index contributed by atoms with van der Waals surface area (Å²) in [6.45, 7) is 1.90.